The molecule has 0 amide bonds. The van der Waals surface area contributed by atoms with Crippen LogP contribution in [0.3, 0.4) is 0 Å². The molecule has 0 radical (unpaired) electrons. The van der Waals surface area contributed by atoms with Crippen molar-refractivity contribution in [3.63, 3.8) is 0 Å². The van der Waals surface area contributed by atoms with E-state index in [1.807, 2.05) is 35.9 Å². The van der Waals surface area contributed by atoms with Crippen LogP contribution in [-0.2, 0) is 18.4 Å². The Morgan fingerprint density at radius 3 is 2.62 bits per heavy atom. The van der Waals surface area contributed by atoms with Gasteiger partial charge < -0.3 is 9.30 Å². The van der Waals surface area contributed by atoms with E-state index in [-0.39, 0.29) is 18.4 Å². The lowest BCUT2D eigenvalue weighted by Gasteiger charge is -2.04. The summed E-state index contributed by atoms with van der Waals surface area (Å²) in [6.07, 6.45) is 1.76. The third kappa shape index (κ3) is 2.65. The Morgan fingerprint density at radius 2 is 1.86 bits per heavy atom. The third-order valence-electron chi connectivity index (χ3n) is 3.40. The number of aryl methyl sites for hydroxylation is 1. The Labute approximate surface area is 121 Å². The number of carbonyl (C=O) groups excluding carboxylic acids is 1. The third-order valence-corrected chi connectivity index (χ3v) is 3.40. The summed E-state index contributed by atoms with van der Waals surface area (Å²) in [5.74, 6) is -0.685. The van der Waals surface area contributed by atoms with Crippen LogP contribution in [-0.4, -0.2) is 10.5 Å². The maximum Gasteiger partial charge on any atom is 0.340 e. The summed E-state index contributed by atoms with van der Waals surface area (Å²) in [4.78, 5) is 12.2. The number of hydrogen-bond acceptors (Lipinski definition) is 2. The summed E-state index contributed by atoms with van der Waals surface area (Å²) in [5.41, 5.74) is 2.27. The molecular weight excluding hydrogens is 269 g/mol. The molecule has 1 aromatic heterocycles. The standard InChI is InChI=1S/C17H14FNO2/c1-19-10-15(14-4-2-3-5-16(14)19)17(20)21-11-12-6-8-13(18)9-7-12/h2-10H,11H2,1H3. The maximum atomic E-state index is 12.8. The summed E-state index contributed by atoms with van der Waals surface area (Å²) >= 11 is 0. The topological polar surface area (TPSA) is 31.2 Å². The Bertz CT molecular complexity index is 790. The lowest BCUT2D eigenvalue weighted by molar-refractivity contribution is 0.0475. The van der Waals surface area contributed by atoms with Gasteiger partial charge in [0.25, 0.3) is 0 Å². The largest absolute Gasteiger partial charge is 0.457 e. The zero-order valence-electron chi connectivity index (χ0n) is 11.5. The van der Waals surface area contributed by atoms with Crippen LogP contribution in [0.15, 0.2) is 54.7 Å². The summed E-state index contributed by atoms with van der Waals surface area (Å²) in [6.45, 7) is 0.127. The minimum atomic E-state index is -0.379. The van der Waals surface area contributed by atoms with Gasteiger partial charge in [-0.3, -0.25) is 0 Å². The molecule has 0 fully saturated rings. The number of carbonyl (C=O) groups is 1. The molecule has 0 atom stereocenters. The Morgan fingerprint density at radius 1 is 1.14 bits per heavy atom. The molecule has 4 heteroatoms. The molecule has 0 bridgehead atoms. The number of halogens is 1. The Kier molecular flexibility index (Phi) is 3.44. The molecule has 0 saturated heterocycles. The normalized spacial score (nSPS) is 10.8. The number of benzene rings is 2. The first-order chi connectivity index (χ1) is 10.1. The average molecular weight is 283 g/mol. The molecule has 1 heterocycles. The number of ether oxygens (including phenoxy) is 1. The number of fused-ring (bicyclic) bond motifs is 1. The maximum absolute atomic E-state index is 12.8. The molecular formula is C17H14FNO2. The number of para-hydroxylation sites is 1. The quantitative estimate of drug-likeness (QED) is 0.687. The van der Waals surface area contributed by atoms with Crippen LogP contribution in [0.25, 0.3) is 10.9 Å². The van der Waals surface area contributed by atoms with Crippen molar-refractivity contribution in [2.45, 2.75) is 6.61 Å². The fourth-order valence-corrected chi connectivity index (χ4v) is 2.31. The van der Waals surface area contributed by atoms with E-state index in [9.17, 15) is 9.18 Å². The summed E-state index contributed by atoms with van der Waals surface area (Å²) in [6, 6.07) is 13.6. The van der Waals surface area contributed by atoms with Crippen LogP contribution in [0.2, 0.25) is 0 Å². The van der Waals surface area contributed by atoms with E-state index in [1.54, 1.807) is 18.3 Å². The van der Waals surface area contributed by atoms with Crippen molar-refractivity contribution in [2.75, 3.05) is 0 Å². The van der Waals surface area contributed by atoms with E-state index in [0.717, 1.165) is 16.5 Å². The van der Waals surface area contributed by atoms with Crippen molar-refractivity contribution in [3.05, 3.63) is 71.7 Å². The number of hydrogen-bond donors (Lipinski definition) is 0. The van der Waals surface area contributed by atoms with Gasteiger partial charge in [0.2, 0.25) is 0 Å². The SMILES string of the molecule is Cn1cc(C(=O)OCc2ccc(F)cc2)c2ccccc21. The van der Waals surface area contributed by atoms with Crippen LogP contribution in [0.4, 0.5) is 4.39 Å². The molecule has 3 nitrogen and oxygen atoms in total. The summed E-state index contributed by atoms with van der Waals surface area (Å²) in [5, 5.41) is 0.865. The fraction of sp³-hybridized carbons (Fsp3) is 0.118. The first-order valence-electron chi connectivity index (χ1n) is 6.61. The van der Waals surface area contributed by atoms with Gasteiger partial charge in [-0.1, -0.05) is 30.3 Å². The Hall–Kier alpha value is -2.62. The van der Waals surface area contributed by atoms with Crippen LogP contribution < -0.4 is 0 Å². The van der Waals surface area contributed by atoms with Gasteiger partial charge >= 0.3 is 5.97 Å². The van der Waals surface area contributed by atoms with E-state index in [0.29, 0.717) is 5.56 Å². The Balaban J connectivity index is 1.79. The molecule has 0 saturated carbocycles. The van der Waals surface area contributed by atoms with Gasteiger partial charge in [0.1, 0.15) is 12.4 Å². The van der Waals surface area contributed by atoms with Crippen LogP contribution in [0.1, 0.15) is 15.9 Å². The molecule has 0 aliphatic carbocycles. The fourth-order valence-electron chi connectivity index (χ4n) is 2.31. The van der Waals surface area contributed by atoms with Crippen molar-refractivity contribution < 1.29 is 13.9 Å². The monoisotopic (exact) mass is 283 g/mol. The minimum Gasteiger partial charge on any atom is -0.457 e. The van der Waals surface area contributed by atoms with E-state index >= 15 is 0 Å². The number of esters is 1. The average Bonchev–Trinajstić information content (AvgIpc) is 2.84. The molecule has 106 valence electrons. The first kappa shape index (κ1) is 13.4. The van der Waals surface area contributed by atoms with Crippen molar-refractivity contribution in [1.29, 1.82) is 0 Å². The van der Waals surface area contributed by atoms with Gasteiger partial charge in [-0.25, -0.2) is 9.18 Å². The molecule has 3 rings (SSSR count). The van der Waals surface area contributed by atoms with Crippen molar-refractivity contribution in [1.82, 2.24) is 4.57 Å². The van der Waals surface area contributed by atoms with Crippen LogP contribution >= 0.6 is 0 Å². The number of nitrogens with zero attached hydrogens (tertiary/aromatic N) is 1. The minimum absolute atomic E-state index is 0.127. The van der Waals surface area contributed by atoms with Crippen molar-refractivity contribution in [2.24, 2.45) is 7.05 Å². The highest BCUT2D eigenvalue weighted by molar-refractivity contribution is 6.04. The highest BCUT2D eigenvalue weighted by Crippen LogP contribution is 2.21. The molecule has 0 aliphatic heterocycles. The molecule has 0 spiro atoms. The number of aromatic nitrogens is 1. The van der Waals surface area contributed by atoms with Crippen LogP contribution in [0.5, 0.6) is 0 Å². The van der Waals surface area contributed by atoms with Crippen LogP contribution in [0, 0.1) is 5.82 Å². The lowest BCUT2D eigenvalue weighted by Crippen LogP contribution is -2.04. The van der Waals surface area contributed by atoms with Crippen molar-refractivity contribution in [3.8, 4) is 0 Å². The highest BCUT2D eigenvalue weighted by atomic mass is 19.1. The van der Waals surface area contributed by atoms with E-state index in [4.69, 9.17) is 4.74 Å². The van der Waals surface area contributed by atoms with E-state index in [2.05, 4.69) is 0 Å². The zero-order valence-corrected chi connectivity index (χ0v) is 11.5. The molecule has 0 aliphatic rings. The smallest absolute Gasteiger partial charge is 0.340 e. The second-order valence-electron chi connectivity index (χ2n) is 4.87. The second kappa shape index (κ2) is 5.40. The molecule has 0 unspecified atom stereocenters. The molecule has 21 heavy (non-hydrogen) atoms. The van der Waals surface area contributed by atoms with E-state index < -0.39 is 0 Å². The zero-order chi connectivity index (χ0) is 14.8. The molecule has 3 aromatic rings. The second-order valence-corrected chi connectivity index (χ2v) is 4.87. The highest BCUT2D eigenvalue weighted by Gasteiger charge is 2.14. The van der Waals surface area contributed by atoms with Gasteiger partial charge in [-0.15, -0.1) is 0 Å². The predicted octanol–water partition coefficient (Wildman–Crippen LogP) is 3.67. The number of rotatable bonds is 3. The first-order valence-corrected chi connectivity index (χ1v) is 6.61. The van der Waals surface area contributed by atoms with Gasteiger partial charge in [0.05, 0.1) is 5.56 Å². The van der Waals surface area contributed by atoms with Gasteiger partial charge in [-0.05, 0) is 23.8 Å². The summed E-state index contributed by atoms with van der Waals surface area (Å²) < 4.78 is 20.0. The lowest BCUT2D eigenvalue weighted by atomic mass is 10.2. The van der Waals surface area contributed by atoms with E-state index in [1.165, 1.54) is 12.1 Å². The predicted molar refractivity (Wildman–Crippen MR) is 78.4 cm³/mol. The molecule has 0 N–H and O–H groups in total. The summed E-state index contributed by atoms with van der Waals surface area (Å²) in [7, 11) is 1.89. The van der Waals surface area contributed by atoms with Gasteiger partial charge in [0, 0.05) is 24.1 Å². The van der Waals surface area contributed by atoms with Gasteiger partial charge in [-0.2, -0.15) is 0 Å². The van der Waals surface area contributed by atoms with Gasteiger partial charge in [0.15, 0.2) is 0 Å². The van der Waals surface area contributed by atoms with Crippen molar-refractivity contribution >= 4 is 16.9 Å². The molecule has 2 aromatic carbocycles.